The molecule has 1 fully saturated rings. The Hall–Kier alpha value is -1.45. The molecule has 1 heterocycles. The molecule has 1 saturated carbocycles. The number of nitrogens with zero attached hydrogens (tertiary/aromatic N) is 2. The van der Waals surface area contributed by atoms with E-state index >= 15 is 0 Å². The van der Waals surface area contributed by atoms with Crippen LogP contribution in [0.25, 0.3) is 0 Å². The van der Waals surface area contributed by atoms with Crippen LogP contribution in [0.1, 0.15) is 37.0 Å². The van der Waals surface area contributed by atoms with Crippen molar-refractivity contribution in [3.05, 3.63) is 23.3 Å². The maximum atomic E-state index is 11.7. The molecule has 4 heteroatoms. The number of hydrogen-bond acceptors (Lipinski definition) is 4. The van der Waals surface area contributed by atoms with Gasteiger partial charge < -0.3 is 4.74 Å². The van der Waals surface area contributed by atoms with Gasteiger partial charge in [0.1, 0.15) is 11.2 Å². The first kappa shape index (κ1) is 11.0. The summed E-state index contributed by atoms with van der Waals surface area (Å²) >= 11 is 0. The SMILES string of the molecule is CCc1cc(C)nc(C2(C(=O)OC)CC2)n1. The van der Waals surface area contributed by atoms with Gasteiger partial charge in [-0.1, -0.05) is 6.92 Å². The first-order valence-corrected chi connectivity index (χ1v) is 5.56. The van der Waals surface area contributed by atoms with Crippen molar-refractivity contribution in [2.75, 3.05) is 7.11 Å². The second-order valence-electron chi connectivity index (χ2n) is 4.25. The van der Waals surface area contributed by atoms with Crippen LogP contribution < -0.4 is 0 Å². The molecule has 16 heavy (non-hydrogen) atoms. The topological polar surface area (TPSA) is 52.1 Å². The van der Waals surface area contributed by atoms with Crippen molar-refractivity contribution in [2.24, 2.45) is 0 Å². The number of rotatable bonds is 3. The number of carbonyl (C=O) groups excluding carboxylic acids is 1. The molecule has 1 aliphatic carbocycles. The first-order chi connectivity index (χ1) is 7.62. The lowest BCUT2D eigenvalue weighted by atomic mass is 10.1. The van der Waals surface area contributed by atoms with Gasteiger partial charge in [-0.3, -0.25) is 4.79 Å². The number of aromatic nitrogens is 2. The van der Waals surface area contributed by atoms with Gasteiger partial charge in [0.25, 0.3) is 0 Å². The maximum Gasteiger partial charge on any atom is 0.319 e. The molecule has 2 rings (SSSR count). The summed E-state index contributed by atoms with van der Waals surface area (Å²) in [5.41, 5.74) is 1.35. The largest absolute Gasteiger partial charge is 0.468 e. The van der Waals surface area contributed by atoms with Crippen molar-refractivity contribution < 1.29 is 9.53 Å². The van der Waals surface area contributed by atoms with Gasteiger partial charge in [-0.25, -0.2) is 9.97 Å². The zero-order valence-electron chi connectivity index (χ0n) is 9.91. The minimum atomic E-state index is -0.551. The minimum absolute atomic E-state index is 0.208. The number of hydrogen-bond donors (Lipinski definition) is 0. The predicted octanol–water partition coefficient (Wildman–Crippen LogP) is 1.55. The normalized spacial score (nSPS) is 16.9. The van der Waals surface area contributed by atoms with E-state index in [-0.39, 0.29) is 5.97 Å². The molecule has 1 aromatic rings. The van der Waals surface area contributed by atoms with Gasteiger partial charge in [0, 0.05) is 11.4 Å². The molecule has 0 bridgehead atoms. The molecule has 0 aromatic carbocycles. The molecule has 1 aliphatic rings. The summed E-state index contributed by atoms with van der Waals surface area (Å²) in [5, 5.41) is 0. The third kappa shape index (κ3) is 1.68. The number of esters is 1. The highest BCUT2D eigenvalue weighted by molar-refractivity contribution is 5.85. The van der Waals surface area contributed by atoms with Gasteiger partial charge in [0.2, 0.25) is 0 Å². The Balaban J connectivity index is 2.40. The van der Waals surface area contributed by atoms with Crippen LogP contribution in [0, 0.1) is 6.92 Å². The molecule has 0 amide bonds. The minimum Gasteiger partial charge on any atom is -0.468 e. The molecule has 4 nitrogen and oxygen atoms in total. The van der Waals surface area contributed by atoms with Crippen LogP contribution in [0.2, 0.25) is 0 Å². The molecular weight excluding hydrogens is 204 g/mol. The van der Waals surface area contributed by atoms with E-state index in [4.69, 9.17) is 4.74 Å². The van der Waals surface area contributed by atoms with Crippen LogP contribution >= 0.6 is 0 Å². The molecule has 0 radical (unpaired) electrons. The lowest BCUT2D eigenvalue weighted by Gasteiger charge is -2.12. The van der Waals surface area contributed by atoms with Gasteiger partial charge in [-0.05, 0) is 32.3 Å². The number of carbonyl (C=O) groups is 1. The summed E-state index contributed by atoms with van der Waals surface area (Å²) < 4.78 is 4.83. The van der Waals surface area contributed by atoms with E-state index in [0.29, 0.717) is 5.82 Å². The Bertz CT molecular complexity index is 425. The average molecular weight is 220 g/mol. The number of ether oxygens (including phenoxy) is 1. The van der Waals surface area contributed by atoms with E-state index < -0.39 is 5.41 Å². The quantitative estimate of drug-likeness (QED) is 0.725. The van der Waals surface area contributed by atoms with Gasteiger partial charge in [0.15, 0.2) is 0 Å². The van der Waals surface area contributed by atoms with Gasteiger partial charge in [0.05, 0.1) is 7.11 Å². The van der Waals surface area contributed by atoms with Gasteiger partial charge in [-0.15, -0.1) is 0 Å². The molecule has 0 saturated heterocycles. The Kier molecular flexibility index (Phi) is 2.66. The fourth-order valence-corrected chi connectivity index (χ4v) is 1.87. The maximum absolute atomic E-state index is 11.7. The summed E-state index contributed by atoms with van der Waals surface area (Å²) in [6.45, 7) is 3.97. The third-order valence-corrected chi connectivity index (χ3v) is 3.02. The highest BCUT2D eigenvalue weighted by Crippen LogP contribution is 2.47. The molecule has 0 unspecified atom stereocenters. The Morgan fingerprint density at radius 3 is 2.69 bits per heavy atom. The van der Waals surface area contributed by atoms with E-state index in [1.807, 2.05) is 19.9 Å². The molecule has 0 spiro atoms. The summed E-state index contributed by atoms with van der Waals surface area (Å²) in [4.78, 5) is 20.5. The molecule has 0 atom stereocenters. The van der Waals surface area contributed by atoms with Crippen molar-refractivity contribution in [1.29, 1.82) is 0 Å². The van der Waals surface area contributed by atoms with E-state index in [1.165, 1.54) is 7.11 Å². The van der Waals surface area contributed by atoms with E-state index in [9.17, 15) is 4.79 Å². The second-order valence-corrected chi connectivity index (χ2v) is 4.25. The first-order valence-electron chi connectivity index (χ1n) is 5.56. The van der Waals surface area contributed by atoms with Gasteiger partial charge >= 0.3 is 5.97 Å². The van der Waals surface area contributed by atoms with Crippen molar-refractivity contribution >= 4 is 5.97 Å². The molecule has 86 valence electrons. The predicted molar refractivity (Wildman–Crippen MR) is 59.1 cm³/mol. The standard InChI is InChI=1S/C12H16N2O2/c1-4-9-7-8(2)13-10(14-9)12(5-6-12)11(15)16-3/h7H,4-6H2,1-3H3. The van der Waals surface area contributed by atoms with Crippen molar-refractivity contribution in [3.8, 4) is 0 Å². The summed E-state index contributed by atoms with van der Waals surface area (Å²) in [7, 11) is 1.42. The van der Waals surface area contributed by atoms with Crippen LogP contribution in [0.5, 0.6) is 0 Å². The van der Waals surface area contributed by atoms with E-state index in [0.717, 1.165) is 30.7 Å². The highest BCUT2D eigenvalue weighted by atomic mass is 16.5. The Labute approximate surface area is 95.1 Å². The number of methoxy groups -OCH3 is 1. The summed E-state index contributed by atoms with van der Waals surface area (Å²) in [5.74, 6) is 0.427. The molecular formula is C12H16N2O2. The van der Waals surface area contributed by atoms with Crippen LogP contribution in [0.15, 0.2) is 6.07 Å². The average Bonchev–Trinajstić information content (AvgIpc) is 3.08. The monoisotopic (exact) mass is 220 g/mol. The Morgan fingerprint density at radius 1 is 1.50 bits per heavy atom. The molecule has 0 aliphatic heterocycles. The smallest absolute Gasteiger partial charge is 0.319 e. The van der Waals surface area contributed by atoms with Crippen LogP contribution in [-0.2, 0) is 21.4 Å². The third-order valence-electron chi connectivity index (χ3n) is 3.02. The van der Waals surface area contributed by atoms with E-state index in [2.05, 4.69) is 9.97 Å². The Morgan fingerprint density at radius 2 is 2.19 bits per heavy atom. The zero-order valence-corrected chi connectivity index (χ0v) is 9.91. The van der Waals surface area contributed by atoms with Crippen LogP contribution in [0.4, 0.5) is 0 Å². The second kappa shape index (κ2) is 3.85. The molecule has 0 N–H and O–H groups in total. The lowest BCUT2D eigenvalue weighted by Crippen LogP contribution is -2.25. The van der Waals surface area contributed by atoms with Crippen molar-refractivity contribution in [2.45, 2.75) is 38.5 Å². The lowest BCUT2D eigenvalue weighted by molar-refractivity contribution is -0.143. The highest BCUT2D eigenvalue weighted by Gasteiger charge is 2.55. The molecule has 1 aromatic heterocycles. The summed E-state index contributed by atoms with van der Waals surface area (Å²) in [6, 6.07) is 1.96. The van der Waals surface area contributed by atoms with Crippen molar-refractivity contribution in [3.63, 3.8) is 0 Å². The fraction of sp³-hybridized carbons (Fsp3) is 0.583. The van der Waals surface area contributed by atoms with Crippen LogP contribution in [0.3, 0.4) is 0 Å². The van der Waals surface area contributed by atoms with Gasteiger partial charge in [-0.2, -0.15) is 0 Å². The zero-order chi connectivity index (χ0) is 11.8. The summed E-state index contributed by atoms with van der Waals surface area (Å²) in [6.07, 6.45) is 2.45. The van der Waals surface area contributed by atoms with Crippen molar-refractivity contribution in [1.82, 2.24) is 9.97 Å². The fourth-order valence-electron chi connectivity index (χ4n) is 1.87. The van der Waals surface area contributed by atoms with Crippen LogP contribution in [-0.4, -0.2) is 23.0 Å². The van der Waals surface area contributed by atoms with E-state index in [1.54, 1.807) is 0 Å². The number of aryl methyl sites for hydroxylation is 2.